The largest absolute Gasteiger partial charge is 0.490 e. The molecule has 0 aliphatic carbocycles. The molecule has 2 saturated heterocycles. The molecule has 2 unspecified atom stereocenters. The molecule has 8 nitrogen and oxygen atoms in total. The van der Waals surface area contributed by atoms with Gasteiger partial charge >= 0.3 is 18.1 Å². The standard InChI is InChI=1S/C18H24ClN3O3.C2HF3O2/c19-14-6-5-12(10-20)13(9-14)11-22(7-1-3-15(22)17(21)23)18(24)16-4-2-8-25-16;3-2(4,5)1(6)7/h5-6,9,15-16H,1-4,7-8,10-11,20H2,(H-,21,23);(H,6,7)/p+1/t15?,16-,22?;/m1./s1. The Balaban J connectivity index is 0.000000451. The van der Waals surface area contributed by atoms with Crippen LogP contribution in [0.2, 0.25) is 5.02 Å². The maximum atomic E-state index is 13.3. The first-order valence-electron chi connectivity index (χ1n) is 10.0. The van der Waals surface area contributed by atoms with Crippen LogP contribution in [0.4, 0.5) is 13.2 Å². The highest BCUT2D eigenvalue weighted by Crippen LogP contribution is 2.35. The van der Waals surface area contributed by atoms with Gasteiger partial charge in [0.15, 0.2) is 12.1 Å². The summed E-state index contributed by atoms with van der Waals surface area (Å²) < 4.78 is 37.4. The van der Waals surface area contributed by atoms with Gasteiger partial charge in [-0.2, -0.15) is 13.2 Å². The minimum atomic E-state index is -5.08. The average molecular weight is 481 g/mol. The van der Waals surface area contributed by atoms with Gasteiger partial charge in [0.1, 0.15) is 6.54 Å². The van der Waals surface area contributed by atoms with E-state index in [2.05, 4.69) is 0 Å². The maximum Gasteiger partial charge on any atom is 0.490 e. The van der Waals surface area contributed by atoms with E-state index in [-0.39, 0.29) is 10.4 Å². The number of aliphatic carboxylic acids is 1. The third-order valence-corrected chi connectivity index (χ3v) is 5.92. The van der Waals surface area contributed by atoms with Gasteiger partial charge in [-0.1, -0.05) is 17.7 Å². The van der Waals surface area contributed by atoms with Crippen molar-refractivity contribution in [1.29, 1.82) is 0 Å². The van der Waals surface area contributed by atoms with E-state index in [0.29, 0.717) is 44.1 Å². The molecule has 5 N–H and O–H groups in total. The van der Waals surface area contributed by atoms with Gasteiger partial charge in [0.25, 0.3) is 5.91 Å². The van der Waals surface area contributed by atoms with Crippen LogP contribution in [0.15, 0.2) is 18.2 Å². The smallest absolute Gasteiger partial charge is 0.475 e. The van der Waals surface area contributed by atoms with E-state index in [0.717, 1.165) is 24.0 Å². The highest BCUT2D eigenvalue weighted by Gasteiger charge is 2.54. The van der Waals surface area contributed by atoms with Gasteiger partial charge in [-0.15, -0.1) is 0 Å². The number of rotatable bonds is 5. The highest BCUT2D eigenvalue weighted by molar-refractivity contribution is 6.30. The number of carbonyl (C=O) groups excluding carboxylic acids is 2. The number of ether oxygens (including phenoxy) is 1. The van der Waals surface area contributed by atoms with Crippen molar-refractivity contribution in [3.05, 3.63) is 34.3 Å². The van der Waals surface area contributed by atoms with Crippen molar-refractivity contribution < 1.29 is 41.9 Å². The van der Waals surface area contributed by atoms with Crippen molar-refractivity contribution in [2.75, 3.05) is 13.2 Å². The van der Waals surface area contributed by atoms with E-state index in [1.165, 1.54) is 0 Å². The molecule has 2 fully saturated rings. The predicted octanol–water partition coefficient (Wildman–Crippen LogP) is 2.10. The number of halogens is 4. The summed E-state index contributed by atoms with van der Waals surface area (Å²) in [5.74, 6) is -3.23. The Bertz CT molecular complexity index is 861. The lowest BCUT2D eigenvalue weighted by Gasteiger charge is -2.38. The Morgan fingerprint density at radius 2 is 1.84 bits per heavy atom. The third-order valence-electron chi connectivity index (χ3n) is 5.69. The molecule has 1 aromatic carbocycles. The fourth-order valence-corrected chi connectivity index (χ4v) is 4.39. The van der Waals surface area contributed by atoms with Gasteiger partial charge in [-0.3, -0.25) is 4.79 Å². The number of nitrogens with zero attached hydrogens (tertiary/aromatic N) is 1. The second kappa shape index (κ2) is 10.6. The third kappa shape index (κ3) is 5.97. The molecule has 2 aliphatic heterocycles. The fourth-order valence-electron chi connectivity index (χ4n) is 4.19. The van der Waals surface area contributed by atoms with Crippen LogP contribution >= 0.6 is 11.6 Å². The molecule has 2 amide bonds. The van der Waals surface area contributed by atoms with Crippen LogP contribution in [0, 0.1) is 0 Å². The molecule has 1 aromatic rings. The SMILES string of the molecule is NCc1ccc(Cl)cc1C[N+]1(C(=O)[C@H]2CCCO2)CCCC1C(N)=O.O=C(O)C(F)(F)F. The number of carboxylic acids is 1. The molecule has 0 radical (unpaired) electrons. The van der Waals surface area contributed by atoms with Gasteiger partial charge < -0.3 is 21.3 Å². The molecule has 12 heteroatoms. The molecule has 0 saturated carbocycles. The quantitative estimate of drug-likeness (QED) is 0.553. The van der Waals surface area contributed by atoms with Gasteiger partial charge in [-0.05, 0) is 30.5 Å². The van der Waals surface area contributed by atoms with Gasteiger partial charge in [0.05, 0.1) is 6.54 Å². The zero-order valence-corrected chi connectivity index (χ0v) is 18.0. The molecular formula is C20H26ClF3N3O5+. The first-order chi connectivity index (χ1) is 14.9. The molecule has 2 aliphatic rings. The van der Waals surface area contributed by atoms with Crippen molar-refractivity contribution in [2.24, 2.45) is 11.5 Å². The van der Waals surface area contributed by atoms with Crippen LogP contribution in [0.25, 0.3) is 0 Å². The number of nitrogens with two attached hydrogens (primary N) is 2. The predicted molar refractivity (Wildman–Crippen MR) is 108 cm³/mol. The second-order valence-corrected chi connectivity index (χ2v) is 8.17. The number of benzene rings is 1. The summed E-state index contributed by atoms with van der Waals surface area (Å²) in [5, 5.41) is 7.71. The number of carbonyl (C=O) groups is 3. The van der Waals surface area contributed by atoms with Crippen molar-refractivity contribution in [2.45, 2.75) is 57.1 Å². The Morgan fingerprint density at radius 1 is 1.19 bits per heavy atom. The number of primary amides is 1. The van der Waals surface area contributed by atoms with Crippen LogP contribution < -0.4 is 11.5 Å². The molecule has 0 aromatic heterocycles. The summed E-state index contributed by atoms with van der Waals surface area (Å²) in [6.07, 6.45) is -2.58. The Labute approximate surface area is 187 Å². The van der Waals surface area contributed by atoms with Crippen LogP contribution in [0.3, 0.4) is 0 Å². The van der Waals surface area contributed by atoms with E-state index in [4.69, 9.17) is 37.7 Å². The number of hydrogen-bond acceptors (Lipinski definition) is 5. The van der Waals surface area contributed by atoms with Crippen LogP contribution in [0.1, 0.15) is 36.8 Å². The minimum Gasteiger partial charge on any atom is -0.475 e. The Morgan fingerprint density at radius 3 is 2.34 bits per heavy atom. The van der Waals surface area contributed by atoms with E-state index < -0.39 is 30.2 Å². The van der Waals surface area contributed by atoms with Crippen molar-refractivity contribution in [1.82, 2.24) is 0 Å². The molecular weight excluding hydrogens is 455 g/mol. The Hall–Kier alpha value is -2.21. The van der Waals surface area contributed by atoms with Crippen LogP contribution in [-0.4, -0.2) is 58.8 Å². The fraction of sp³-hybridized carbons (Fsp3) is 0.550. The normalized spacial score (nSPS) is 25.2. The lowest BCUT2D eigenvalue weighted by molar-refractivity contribution is -0.872. The number of alkyl halides is 3. The summed E-state index contributed by atoms with van der Waals surface area (Å²) in [7, 11) is 0. The topological polar surface area (TPSA) is 133 Å². The summed E-state index contributed by atoms with van der Waals surface area (Å²) >= 11 is 6.16. The summed E-state index contributed by atoms with van der Waals surface area (Å²) in [6, 6.07) is 4.97. The van der Waals surface area contributed by atoms with E-state index >= 15 is 0 Å². The Kier molecular flexibility index (Phi) is 8.63. The highest BCUT2D eigenvalue weighted by atomic mass is 35.5. The number of hydrogen-bond donors (Lipinski definition) is 3. The van der Waals surface area contributed by atoms with Crippen molar-refractivity contribution in [3.8, 4) is 0 Å². The number of quaternary nitrogens is 1. The summed E-state index contributed by atoms with van der Waals surface area (Å²) in [5.41, 5.74) is 13.4. The molecule has 2 heterocycles. The van der Waals surface area contributed by atoms with E-state index in [1.54, 1.807) is 6.07 Å². The summed E-state index contributed by atoms with van der Waals surface area (Å²) in [4.78, 5) is 34.4. The molecule has 178 valence electrons. The molecule has 0 bridgehead atoms. The number of likely N-dealkylation sites (tertiary alicyclic amines) is 1. The zero-order chi connectivity index (χ0) is 24.1. The van der Waals surface area contributed by atoms with Gasteiger partial charge in [0.2, 0.25) is 0 Å². The zero-order valence-electron chi connectivity index (χ0n) is 17.2. The first-order valence-corrected chi connectivity index (χ1v) is 10.4. The molecule has 3 atom stereocenters. The van der Waals surface area contributed by atoms with Crippen molar-refractivity contribution in [3.63, 3.8) is 0 Å². The second-order valence-electron chi connectivity index (χ2n) is 7.74. The van der Waals surface area contributed by atoms with Gasteiger partial charge in [-0.25, -0.2) is 14.1 Å². The summed E-state index contributed by atoms with van der Waals surface area (Å²) in [6.45, 7) is 1.90. The van der Waals surface area contributed by atoms with Crippen LogP contribution in [-0.2, 0) is 32.2 Å². The first kappa shape index (κ1) is 26.0. The van der Waals surface area contributed by atoms with E-state index in [9.17, 15) is 22.8 Å². The molecule has 3 rings (SSSR count). The van der Waals surface area contributed by atoms with E-state index in [1.807, 2.05) is 12.1 Å². The number of carboxylic acid groups (broad SMARTS) is 1. The monoisotopic (exact) mass is 480 g/mol. The van der Waals surface area contributed by atoms with Gasteiger partial charge in [0, 0.05) is 36.6 Å². The average Bonchev–Trinajstić information content (AvgIpc) is 3.38. The van der Waals surface area contributed by atoms with Crippen LogP contribution in [0.5, 0.6) is 0 Å². The lowest BCUT2D eigenvalue weighted by Crippen LogP contribution is -2.62. The molecule has 0 spiro atoms. The minimum absolute atomic E-state index is 0.0212. The molecule has 32 heavy (non-hydrogen) atoms. The van der Waals surface area contributed by atoms with Crippen molar-refractivity contribution >= 4 is 29.4 Å². The maximum absolute atomic E-state index is 13.3. The number of amides is 2. The lowest BCUT2D eigenvalue weighted by atomic mass is 10.0.